The molecule has 26 heavy (non-hydrogen) atoms. The van der Waals surface area contributed by atoms with E-state index >= 15 is 0 Å². The van der Waals surface area contributed by atoms with Crippen LogP contribution in [0.1, 0.15) is 34.7 Å². The van der Waals surface area contributed by atoms with Crippen molar-refractivity contribution in [1.82, 2.24) is 0 Å². The molecule has 0 radical (unpaired) electrons. The maximum atomic E-state index is 10.0. The molecule has 2 heteroatoms. The number of benzene rings is 3. The van der Waals surface area contributed by atoms with Crippen LogP contribution < -0.4 is 0 Å². The van der Waals surface area contributed by atoms with Gasteiger partial charge in [-0.1, -0.05) is 67.8 Å². The van der Waals surface area contributed by atoms with E-state index in [2.05, 4.69) is 32.2 Å². The molecule has 0 aliphatic heterocycles. The van der Waals surface area contributed by atoms with Gasteiger partial charge in [-0.05, 0) is 47.9 Å². The van der Waals surface area contributed by atoms with E-state index in [4.69, 9.17) is 0 Å². The molecule has 3 aromatic carbocycles. The van der Waals surface area contributed by atoms with E-state index in [0.717, 1.165) is 16.7 Å². The summed E-state index contributed by atoms with van der Waals surface area (Å²) < 4.78 is 0. The van der Waals surface area contributed by atoms with Crippen LogP contribution in [0.2, 0.25) is 0 Å². The molecule has 0 amide bonds. The molecule has 0 fully saturated rings. The monoisotopic (exact) mass is 342 g/mol. The van der Waals surface area contributed by atoms with Crippen LogP contribution in [0, 0.1) is 0 Å². The van der Waals surface area contributed by atoms with E-state index in [1.54, 1.807) is 24.3 Å². The highest BCUT2D eigenvalue weighted by Gasteiger charge is 2.32. The molecular formula is C24H22O2. The van der Waals surface area contributed by atoms with Crippen molar-refractivity contribution in [3.63, 3.8) is 0 Å². The standard InChI is InChI=1S/C24H22O2/c1-4-17-15-20(11-13-22(17)25)24(3,19-9-7-6-8-10-19)21-12-14-23(26)18(5-2)16-21/h4-16,25-26H,1-2H2,3H3. The molecular weight excluding hydrogens is 320 g/mol. The zero-order chi connectivity index (χ0) is 18.7. The minimum absolute atomic E-state index is 0.205. The van der Waals surface area contributed by atoms with Gasteiger partial charge in [0.05, 0.1) is 0 Å². The second-order valence-electron chi connectivity index (χ2n) is 6.45. The second kappa shape index (κ2) is 6.93. The van der Waals surface area contributed by atoms with Crippen LogP contribution in [0.4, 0.5) is 0 Å². The molecule has 0 spiro atoms. The van der Waals surface area contributed by atoms with Gasteiger partial charge in [0.15, 0.2) is 0 Å². The maximum Gasteiger partial charge on any atom is 0.122 e. The number of phenols is 2. The lowest BCUT2D eigenvalue weighted by atomic mass is 9.70. The number of hydrogen-bond acceptors (Lipinski definition) is 2. The lowest BCUT2D eigenvalue weighted by Crippen LogP contribution is -2.25. The fourth-order valence-electron chi connectivity index (χ4n) is 3.33. The molecule has 0 unspecified atom stereocenters. The highest BCUT2D eigenvalue weighted by molar-refractivity contribution is 5.63. The molecule has 3 aromatic rings. The van der Waals surface area contributed by atoms with Gasteiger partial charge in [-0.3, -0.25) is 0 Å². The SMILES string of the molecule is C=Cc1cc(C(C)(c2ccccc2)c2ccc(O)c(C=C)c2)ccc1O. The van der Waals surface area contributed by atoms with Gasteiger partial charge in [-0.15, -0.1) is 0 Å². The van der Waals surface area contributed by atoms with Crippen LogP contribution in [-0.2, 0) is 5.41 Å². The van der Waals surface area contributed by atoms with Gasteiger partial charge in [0, 0.05) is 16.5 Å². The van der Waals surface area contributed by atoms with Gasteiger partial charge in [0.25, 0.3) is 0 Å². The van der Waals surface area contributed by atoms with E-state index in [9.17, 15) is 10.2 Å². The van der Waals surface area contributed by atoms with Crippen LogP contribution in [0.5, 0.6) is 11.5 Å². The summed E-state index contributed by atoms with van der Waals surface area (Å²) in [5.41, 5.74) is 4.06. The van der Waals surface area contributed by atoms with Gasteiger partial charge < -0.3 is 10.2 Å². The molecule has 0 heterocycles. The van der Waals surface area contributed by atoms with Crippen molar-refractivity contribution in [2.75, 3.05) is 0 Å². The lowest BCUT2D eigenvalue weighted by molar-refractivity contribution is 0.473. The van der Waals surface area contributed by atoms with Crippen LogP contribution >= 0.6 is 0 Å². The first-order valence-electron chi connectivity index (χ1n) is 8.48. The molecule has 2 N–H and O–H groups in total. The van der Waals surface area contributed by atoms with Gasteiger partial charge in [0.1, 0.15) is 11.5 Å². The Morgan fingerprint density at radius 1 is 0.692 bits per heavy atom. The largest absolute Gasteiger partial charge is 0.507 e. The van der Waals surface area contributed by atoms with Crippen molar-refractivity contribution in [2.24, 2.45) is 0 Å². The molecule has 0 aliphatic rings. The van der Waals surface area contributed by atoms with Crippen LogP contribution in [-0.4, -0.2) is 10.2 Å². The topological polar surface area (TPSA) is 40.5 Å². The molecule has 0 aromatic heterocycles. The van der Waals surface area contributed by atoms with E-state index in [-0.39, 0.29) is 11.5 Å². The Labute approximate surface area is 154 Å². The fourth-order valence-corrected chi connectivity index (χ4v) is 3.33. The van der Waals surface area contributed by atoms with Gasteiger partial charge in [-0.25, -0.2) is 0 Å². The van der Waals surface area contributed by atoms with Gasteiger partial charge in [0.2, 0.25) is 0 Å². The quantitative estimate of drug-likeness (QED) is 0.581. The Kier molecular flexibility index (Phi) is 4.68. The van der Waals surface area contributed by atoms with E-state index in [1.165, 1.54) is 0 Å². The maximum absolute atomic E-state index is 10.0. The van der Waals surface area contributed by atoms with Crippen LogP contribution in [0.3, 0.4) is 0 Å². The summed E-state index contributed by atoms with van der Waals surface area (Å²) in [5.74, 6) is 0.410. The summed E-state index contributed by atoms with van der Waals surface area (Å²) in [4.78, 5) is 0. The van der Waals surface area contributed by atoms with Crippen molar-refractivity contribution < 1.29 is 10.2 Å². The Morgan fingerprint density at radius 3 is 1.58 bits per heavy atom. The third kappa shape index (κ3) is 2.91. The average molecular weight is 342 g/mol. The van der Waals surface area contributed by atoms with E-state index in [1.807, 2.05) is 42.5 Å². The predicted octanol–water partition coefficient (Wildman–Crippen LogP) is 5.74. The molecule has 3 rings (SSSR count). The Hall–Kier alpha value is -3.26. The summed E-state index contributed by atoms with van der Waals surface area (Å²) in [5, 5.41) is 20.1. The summed E-state index contributed by atoms with van der Waals surface area (Å²) in [6.07, 6.45) is 3.30. The summed E-state index contributed by atoms with van der Waals surface area (Å²) >= 11 is 0. The van der Waals surface area contributed by atoms with E-state index in [0.29, 0.717) is 11.1 Å². The number of hydrogen-bond donors (Lipinski definition) is 2. The smallest absolute Gasteiger partial charge is 0.122 e. The van der Waals surface area contributed by atoms with Gasteiger partial charge in [-0.2, -0.15) is 0 Å². The van der Waals surface area contributed by atoms with Crippen molar-refractivity contribution >= 4 is 12.2 Å². The second-order valence-corrected chi connectivity index (χ2v) is 6.45. The molecule has 0 saturated heterocycles. The summed E-state index contributed by atoms with van der Waals surface area (Å²) in [7, 11) is 0. The molecule has 0 saturated carbocycles. The third-order valence-corrected chi connectivity index (χ3v) is 5.00. The molecule has 0 bridgehead atoms. The molecule has 0 aliphatic carbocycles. The Morgan fingerprint density at radius 2 is 1.15 bits per heavy atom. The average Bonchev–Trinajstić information content (AvgIpc) is 2.68. The minimum Gasteiger partial charge on any atom is -0.507 e. The van der Waals surface area contributed by atoms with Crippen molar-refractivity contribution in [1.29, 1.82) is 0 Å². The summed E-state index contributed by atoms with van der Waals surface area (Å²) in [6.45, 7) is 9.73. The first-order chi connectivity index (χ1) is 12.5. The van der Waals surface area contributed by atoms with Gasteiger partial charge >= 0.3 is 0 Å². The lowest BCUT2D eigenvalue weighted by Gasteiger charge is -2.32. The molecule has 2 nitrogen and oxygen atoms in total. The first-order valence-corrected chi connectivity index (χ1v) is 8.48. The minimum atomic E-state index is -0.474. The third-order valence-electron chi connectivity index (χ3n) is 5.00. The molecule has 0 atom stereocenters. The zero-order valence-corrected chi connectivity index (χ0v) is 14.8. The zero-order valence-electron chi connectivity index (χ0n) is 14.8. The molecule has 130 valence electrons. The van der Waals surface area contributed by atoms with Crippen LogP contribution in [0.25, 0.3) is 12.2 Å². The number of rotatable bonds is 5. The van der Waals surface area contributed by atoms with Crippen LogP contribution in [0.15, 0.2) is 79.9 Å². The van der Waals surface area contributed by atoms with Crippen molar-refractivity contribution in [2.45, 2.75) is 12.3 Å². The normalized spacial score (nSPS) is 11.1. The Bertz CT molecular complexity index is 898. The highest BCUT2D eigenvalue weighted by atomic mass is 16.3. The first kappa shape index (κ1) is 17.6. The number of aromatic hydroxyl groups is 2. The van der Waals surface area contributed by atoms with Crippen molar-refractivity contribution in [3.8, 4) is 11.5 Å². The predicted molar refractivity (Wildman–Crippen MR) is 108 cm³/mol. The fraction of sp³-hybridized carbons (Fsp3) is 0.0833. The van der Waals surface area contributed by atoms with E-state index < -0.39 is 5.41 Å². The highest BCUT2D eigenvalue weighted by Crippen LogP contribution is 2.41. The van der Waals surface area contributed by atoms with Crippen molar-refractivity contribution in [3.05, 3.63) is 108 Å². The number of phenolic OH excluding ortho intramolecular Hbond substituents is 2. The Balaban J connectivity index is 2.31. The summed E-state index contributed by atoms with van der Waals surface area (Å²) in [6, 6.07) is 21.3.